The van der Waals surface area contributed by atoms with Gasteiger partial charge in [0.15, 0.2) is 0 Å². The minimum atomic E-state index is 0.710. The highest BCUT2D eigenvalue weighted by Crippen LogP contribution is 2.31. The first-order chi connectivity index (χ1) is 9.20. The van der Waals surface area contributed by atoms with Crippen LogP contribution in [-0.4, -0.2) is 13.7 Å². The van der Waals surface area contributed by atoms with E-state index in [4.69, 9.17) is 10.5 Å². The number of nitrogens with one attached hydrogen (secondary N) is 1. The van der Waals surface area contributed by atoms with Gasteiger partial charge in [0.05, 0.1) is 18.5 Å². The maximum atomic E-state index is 6.04. The van der Waals surface area contributed by atoms with Crippen molar-refractivity contribution in [1.29, 1.82) is 0 Å². The summed E-state index contributed by atoms with van der Waals surface area (Å²) in [4.78, 5) is 0. The van der Waals surface area contributed by atoms with E-state index in [0.29, 0.717) is 5.69 Å². The van der Waals surface area contributed by atoms with E-state index < -0.39 is 0 Å². The summed E-state index contributed by atoms with van der Waals surface area (Å²) in [6.45, 7) is 3.36. The van der Waals surface area contributed by atoms with Gasteiger partial charge in [-0.25, -0.2) is 0 Å². The van der Waals surface area contributed by atoms with Crippen LogP contribution in [-0.2, 0) is 0 Å². The molecule has 0 atom stereocenters. The summed E-state index contributed by atoms with van der Waals surface area (Å²) in [6, 6.07) is 5.88. The third kappa shape index (κ3) is 3.79. The summed E-state index contributed by atoms with van der Waals surface area (Å²) in [5, 5.41) is 3.44. The predicted octanol–water partition coefficient (Wildman–Crippen LogP) is 3.91. The Morgan fingerprint density at radius 1 is 1.26 bits per heavy atom. The van der Waals surface area contributed by atoms with Crippen molar-refractivity contribution in [3.8, 4) is 5.75 Å². The molecule has 0 radical (unpaired) electrons. The summed E-state index contributed by atoms with van der Waals surface area (Å²) in [7, 11) is 1.65. The number of anilines is 2. The fourth-order valence-corrected chi connectivity index (χ4v) is 2.90. The average Bonchev–Trinajstić information content (AvgIpc) is 2.43. The Bertz CT molecular complexity index is 398. The number of ether oxygens (including phenoxy) is 1. The first kappa shape index (κ1) is 14.0. The lowest BCUT2D eigenvalue weighted by Gasteiger charge is -2.26. The summed E-state index contributed by atoms with van der Waals surface area (Å²) >= 11 is 0. The SMILES string of the molecule is COc1cccc(NCCC2CCC(C)CC2)c1N. The van der Waals surface area contributed by atoms with E-state index in [1.165, 1.54) is 32.1 Å². The van der Waals surface area contributed by atoms with Crippen LogP contribution >= 0.6 is 0 Å². The van der Waals surface area contributed by atoms with Crippen LogP contribution in [0.15, 0.2) is 18.2 Å². The summed E-state index contributed by atoms with van der Waals surface area (Å²) in [6.07, 6.45) is 6.80. The van der Waals surface area contributed by atoms with Crippen LogP contribution in [0.2, 0.25) is 0 Å². The highest BCUT2D eigenvalue weighted by Gasteiger charge is 2.17. The maximum absolute atomic E-state index is 6.04. The number of methoxy groups -OCH3 is 1. The van der Waals surface area contributed by atoms with Crippen molar-refractivity contribution in [2.45, 2.75) is 39.0 Å². The molecule has 0 amide bonds. The van der Waals surface area contributed by atoms with Gasteiger partial charge in [0.2, 0.25) is 0 Å². The van der Waals surface area contributed by atoms with Gasteiger partial charge in [0.25, 0.3) is 0 Å². The van der Waals surface area contributed by atoms with Crippen LogP contribution in [0, 0.1) is 11.8 Å². The molecule has 0 unspecified atom stereocenters. The Hall–Kier alpha value is -1.38. The molecule has 0 aliphatic heterocycles. The highest BCUT2D eigenvalue weighted by atomic mass is 16.5. The number of nitrogens with two attached hydrogens (primary N) is 1. The van der Waals surface area contributed by atoms with Crippen molar-refractivity contribution in [2.24, 2.45) is 11.8 Å². The number of nitrogen functional groups attached to an aromatic ring is 1. The van der Waals surface area contributed by atoms with Gasteiger partial charge < -0.3 is 15.8 Å². The number of hydrogen-bond acceptors (Lipinski definition) is 3. The Kier molecular flexibility index (Phi) is 4.94. The van der Waals surface area contributed by atoms with E-state index in [0.717, 1.165) is 29.8 Å². The Morgan fingerprint density at radius 3 is 2.68 bits per heavy atom. The number of benzene rings is 1. The molecule has 2 rings (SSSR count). The predicted molar refractivity (Wildman–Crippen MR) is 81.6 cm³/mol. The topological polar surface area (TPSA) is 47.3 Å². The van der Waals surface area contributed by atoms with Crippen LogP contribution in [0.4, 0.5) is 11.4 Å². The molecule has 0 aromatic heterocycles. The molecule has 19 heavy (non-hydrogen) atoms. The molecule has 1 aromatic rings. The molecular weight excluding hydrogens is 236 g/mol. The minimum Gasteiger partial charge on any atom is -0.495 e. The zero-order valence-electron chi connectivity index (χ0n) is 12.1. The normalized spacial score (nSPS) is 23.1. The Morgan fingerprint density at radius 2 is 2.00 bits per heavy atom. The van der Waals surface area contributed by atoms with Crippen molar-refractivity contribution in [2.75, 3.05) is 24.7 Å². The molecule has 1 aliphatic rings. The maximum Gasteiger partial charge on any atom is 0.143 e. The lowest BCUT2D eigenvalue weighted by Crippen LogP contribution is -2.16. The molecule has 0 saturated heterocycles. The van der Waals surface area contributed by atoms with Crippen molar-refractivity contribution in [3.05, 3.63) is 18.2 Å². The Labute approximate surface area is 116 Å². The van der Waals surface area contributed by atoms with Gasteiger partial charge in [-0.3, -0.25) is 0 Å². The highest BCUT2D eigenvalue weighted by molar-refractivity contribution is 5.72. The van der Waals surface area contributed by atoms with Gasteiger partial charge in [0, 0.05) is 6.54 Å². The van der Waals surface area contributed by atoms with Gasteiger partial charge in [-0.2, -0.15) is 0 Å². The number of rotatable bonds is 5. The smallest absolute Gasteiger partial charge is 0.143 e. The molecule has 0 heterocycles. The van der Waals surface area contributed by atoms with E-state index in [1.54, 1.807) is 7.11 Å². The fourth-order valence-electron chi connectivity index (χ4n) is 2.90. The molecule has 0 spiro atoms. The third-order valence-corrected chi connectivity index (χ3v) is 4.29. The molecule has 1 fully saturated rings. The molecule has 1 aromatic carbocycles. The molecule has 106 valence electrons. The quantitative estimate of drug-likeness (QED) is 0.791. The lowest BCUT2D eigenvalue weighted by atomic mass is 9.81. The van der Waals surface area contributed by atoms with Crippen LogP contribution < -0.4 is 15.8 Å². The van der Waals surface area contributed by atoms with E-state index >= 15 is 0 Å². The van der Waals surface area contributed by atoms with Crippen LogP contribution in [0.25, 0.3) is 0 Å². The van der Waals surface area contributed by atoms with Gasteiger partial charge in [0.1, 0.15) is 5.75 Å². The summed E-state index contributed by atoms with van der Waals surface area (Å²) in [5.74, 6) is 2.56. The van der Waals surface area contributed by atoms with E-state index in [2.05, 4.69) is 12.2 Å². The second kappa shape index (κ2) is 6.69. The third-order valence-electron chi connectivity index (χ3n) is 4.29. The second-order valence-electron chi connectivity index (χ2n) is 5.76. The van der Waals surface area contributed by atoms with Crippen LogP contribution in [0.3, 0.4) is 0 Å². The van der Waals surface area contributed by atoms with Gasteiger partial charge in [-0.1, -0.05) is 38.7 Å². The fraction of sp³-hybridized carbons (Fsp3) is 0.625. The molecule has 3 N–H and O–H groups in total. The lowest BCUT2D eigenvalue weighted by molar-refractivity contribution is 0.282. The van der Waals surface area contributed by atoms with E-state index in [-0.39, 0.29) is 0 Å². The molecular formula is C16H26N2O. The summed E-state index contributed by atoms with van der Waals surface area (Å²) < 4.78 is 5.23. The van der Waals surface area contributed by atoms with Crippen molar-refractivity contribution >= 4 is 11.4 Å². The standard InChI is InChI=1S/C16H26N2O/c1-12-6-8-13(9-7-12)10-11-18-14-4-3-5-15(19-2)16(14)17/h3-5,12-13,18H,6-11,17H2,1-2H3. The number of hydrogen-bond donors (Lipinski definition) is 2. The minimum absolute atomic E-state index is 0.710. The van der Waals surface area contributed by atoms with Crippen molar-refractivity contribution in [1.82, 2.24) is 0 Å². The average molecular weight is 262 g/mol. The molecule has 1 aliphatic carbocycles. The number of para-hydroxylation sites is 1. The van der Waals surface area contributed by atoms with Gasteiger partial charge >= 0.3 is 0 Å². The van der Waals surface area contributed by atoms with Crippen molar-refractivity contribution in [3.63, 3.8) is 0 Å². The molecule has 0 bridgehead atoms. The van der Waals surface area contributed by atoms with E-state index in [9.17, 15) is 0 Å². The molecule has 3 nitrogen and oxygen atoms in total. The monoisotopic (exact) mass is 262 g/mol. The van der Waals surface area contributed by atoms with Crippen LogP contribution in [0.1, 0.15) is 39.0 Å². The van der Waals surface area contributed by atoms with Crippen LogP contribution in [0.5, 0.6) is 5.75 Å². The first-order valence-electron chi connectivity index (χ1n) is 7.37. The largest absolute Gasteiger partial charge is 0.495 e. The first-order valence-corrected chi connectivity index (χ1v) is 7.37. The summed E-state index contributed by atoms with van der Waals surface area (Å²) in [5.41, 5.74) is 7.74. The zero-order chi connectivity index (χ0) is 13.7. The zero-order valence-corrected chi connectivity index (χ0v) is 12.1. The van der Waals surface area contributed by atoms with Crippen molar-refractivity contribution < 1.29 is 4.74 Å². The second-order valence-corrected chi connectivity index (χ2v) is 5.76. The molecule has 1 saturated carbocycles. The van der Waals surface area contributed by atoms with Gasteiger partial charge in [-0.15, -0.1) is 0 Å². The Balaban J connectivity index is 1.79. The van der Waals surface area contributed by atoms with Gasteiger partial charge in [-0.05, 0) is 30.4 Å². The molecule has 3 heteroatoms. The van der Waals surface area contributed by atoms with E-state index in [1.807, 2.05) is 18.2 Å².